The van der Waals surface area contributed by atoms with Gasteiger partial charge in [-0.1, -0.05) is 36.6 Å². The van der Waals surface area contributed by atoms with E-state index in [0.717, 1.165) is 18.5 Å². The van der Waals surface area contributed by atoms with Gasteiger partial charge in [-0.25, -0.2) is 0 Å². The van der Waals surface area contributed by atoms with Gasteiger partial charge < -0.3 is 10.6 Å². The van der Waals surface area contributed by atoms with Crippen LogP contribution in [0.3, 0.4) is 0 Å². The lowest BCUT2D eigenvalue weighted by molar-refractivity contribution is -0.120. The minimum absolute atomic E-state index is 0.0387. The van der Waals surface area contributed by atoms with Gasteiger partial charge >= 0.3 is 0 Å². The Morgan fingerprint density at radius 3 is 2.71 bits per heavy atom. The van der Waals surface area contributed by atoms with Crippen molar-refractivity contribution < 1.29 is 4.79 Å². The van der Waals surface area contributed by atoms with Crippen LogP contribution >= 0.6 is 11.6 Å². The predicted molar refractivity (Wildman–Crippen MR) is 70.3 cm³/mol. The molecule has 0 atom stereocenters. The fraction of sp³-hybridized carbons (Fsp3) is 0.462. The molecule has 3 nitrogen and oxygen atoms in total. The third-order valence-corrected chi connectivity index (χ3v) is 3.36. The first-order valence-electron chi connectivity index (χ1n) is 6.03. The van der Waals surface area contributed by atoms with E-state index in [-0.39, 0.29) is 12.5 Å². The monoisotopic (exact) mass is 252 g/mol. The molecule has 0 saturated heterocycles. The quantitative estimate of drug-likeness (QED) is 0.865. The summed E-state index contributed by atoms with van der Waals surface area (Å²) < 4.78 is 0. The molecule has 1 aromatic carbocycles. The predicted octanol–water partition coefficient (Wildman–Crippen LogP) is 2.81. The Morgan fingerprint density at radius 1 is 1.29 bits per heavy atom. The number of nitrogens with one attached hydrogen (secondary N) is 2. The number of anilines is 1. The van der Waals surface area contributed by atoms with Crippen molar-refractivity contribution in [2.45, 2.75) is 31.7 Å². The van der Waals surface area contributed by atoms with Crippen molar-refractivity contribution >= 4 is 23.2 Å². The van der Waals surface area contributed by atoms with Gasteiger partial charge in [-0.2, -0.15) is 0 Å². The molecule has 1 amide bonds. The van der Waals surface area contributed by atoms with Crippen LogP contribution in [-0.4, -0.2) is 18.5 Å². The number of benzene rings is 1. The Labute approximate surface area is 107 Å². The Bertz CT molecular complexity index is 389. The highest BCUT2D eigenvalue weighted by Crippen LogP contribution is 2.20. The Kier molecular flexibility index (Phi) is 4.26. The first kappa shape index (κ1) is 12.2. The van der Waals surface area contributed by atoms with Crippen molar-refractivity contribution in [2.75, 3.05) is 11.9 Å². The molecule has 2 N–H and O–H groups in total. The van der Waals surface area contributed by atoms with Crippen molar-refractivity contribution in [2.24, 2.45) is 0 Å². The molecule has 0 spiro atoms. The molecular formula is C13H17ClN2O. The van der Waals surface area contributed by atoms with E-state index in [9.17, 15) is 4.79 Å². The van der Waals surface area contributed by atoms with Crippen LogP contribution in [0.25, 0.3) is 0 Å². The van der Waals surface area contributed by atoms with Crippen molar-refractivity contribution in [3.8, 4) is 0 Å². The zero-order valence-corrected chi connectivity index (χ0v) is 10.5. The second kappa shape index (κ2) is 5.92. The zero-order chi connectivity index (χ0) is 12.1. The van der Waals surface area contributed by atoms with Gasteiger partial charge in [0.15, 0.2) is 0 Å². The molecule has 0 bridgehead atoms. The third kappa shape index (κ3) is 3.63. The van der Waals surface area contributed by atoms with E-state index in [1.807, 2.05) is 18.2 Å². The van der Waals surface area contributed by atoms with Crippen molar-refractivity contribution in [3.63, 3.8) is 0 Å². The number of hydrogen-bond donors (Lipinski definition) is 2. The van der Waals surface area contributed by atoms with Crippen LogP contribution in [0.15, 0.2) is 24.3 Å². The molecular weight excluding hydrogens is 236 g/mol. The van der Waals surface area contributed by atoms with Crippen LogP contribution < -0.4 is 10.6 Å². The Balaban J connectivity index is 1.77. The Morgan fingerprint density at radius 2 is 2.00 bits per heavy atom. The normalized spacial score (nSPS) is 15.8. The highest BCUT2D eigenvalue weighted by atomic mass is 35.5. The number of para-hydroxylation sites is 1. The van der Waals surface area contributed by atoms with Crippen LogP contribution in [0, 0.1) is 0 Å². The summed E-state index contributed by atoms with van der Waals surface area (Å²) in [6, 6.07) is 7.80. The van der Waals surface area contributed by atoms with E-state index >= 15 is 0 Å². The molecule has 0 heterocycles. The highest BCUT2D eigenvalue weighted by molar-refractivity contribution is 6.33. The lowest BCUT2D eigenvalue weighted by atomic mass is 10.2. The fourth-order valence-corrected chi connectivity index (χ4v) is 2.33. The summed E-state index contributed by atoms with van der Waals surface area (Å²) >= 11 is 5.98. The van der Waals surface area contributed by atoms with E-state index < -0.39 is 0 Å². The van der Waals surface area contributed by atoms with Gasteiger partial charge in [-0.3, -0.25) is 4.79 Å². The summed E-state index contributed by atoms with van der Waals surface area (Å²) in [6.07, 6.45) is 4.67. The topological polar surface area (TPSA) is 41.1 Å². The van der Waals surface area contributed by atoms with Crippen LogP contribution in [0.1, 0.15) is 25.7 Å². The molecule has 0 aromatic heterocycles. The number of halogens is 1. The maximum absolute atomic E-state index is 11.7. The number of hydrogen-bond acceptors (Lipinski definition) is 2. The van der Waals surface area contributed by atoms with Crippen molar-refractivity contribution in [1.29, 1.82) is 0 Å². The summed E-state index contributed by atoms with van der Waals surface area (Å²) in [7, 11) is 0. The Hall–Kier alpha value is -1.22. The second-order valence-electron chi connectivity index (χ2n) is 4.38. The molecule has 1 fully saturated rings. The van der Waals surface area contributed by atoms with Gasteiger partial charge in [-0.05, 0) is 25.0 Å². The maximum Gasteiger partial charge on any atom is 0.239 e. The van der Waals surface area contributed by atoms with E-state index in [1.54, 1.807) is 6.07 Å². The molecule has 1 aromatic rings. The number of carbonyl (C=O) groups excluding carboxylic acids is 1. The first-order valence-corrected chi connectivity index (χ1v) is 6.41. The smallest absolute Gasteiger partial charge is 0.239 e. The van der Waals surface area contributed by atoms with Gasteiger partial charge in [-0.15, -0.1) is 0 Å². The van der Waals surface area contributed by atoms with Crippen molar-refractivity contribution in [3.05, 3.63) is 29.3 Å². The lowest BCUT2D eigenvalue weighted by Crippen LogP contribution is -2.36. The van der Waals surface area contributed by atoms with Crippen LogP contribution in [0.2, 0.25) is 5.02 Å². The average Bonchev–Trinajstić information content (AvgIpc) is 2.81. The molecule has 0 radical (unpaired) electrons. The van der Waals surface area contributed by atoms with Gasteiger partial charge in [0.05, 0.1) is 17.3 Å². The number of amides is 1. The molecule has 1 saturated carbocycles. The SMILES string of the molecule is O=C(CNc1ccccc1Cl)NC1CCCC1. The van der Waals surface area contributed by atoms with E-state index in [4.69, 9.17) is 11.6 Å². The van der Waals surface area contributed by atoms with Crippen LogP contribution in [0.5, 0.6) is 0 Å². The van der Waals surface area contributed by atoms with E-state index in [0.29, 0.717) is 11.1 Å². The molecule has 2 rings (SSSR count). The average molecular weight is 253 g/mol. The van der Waals surface area contributed by atoms with Gasteiger partial charge in [0, 0.05) is 6.04 Å². The maximum atomic E-state index is 11.7. The van der Waals surface area contributed by atoms with Crippen molar-refractivity contribution in [1.82, 2.24) is 5.32 Å². The molecule has 1 aliphatic carbocycles. The highest BCUT2D eigenvalue weighted by Gasteiger charge is 2.16. The molecule has 1 aliphatic rings. The summed E-state index contributed by atoms with van der Waals surface area (Å²) in [5.41, 5.74) is 0.802. The van der Waals surface area contributed by atoms with E-state index in [1.165, 1.54) is 12.8 Å². The van der Waals surface area contributed by atoms with Crippen LogP contribution in [-0.2, 0) is 4.79 Å². The van der Waals surface area contributed by atoms with Crippen LogP contribution in [0.4, 0.5) is 5.69 Å². The standard InChI is InChI=1S/C13H17ClN2O/c14-11-7-3-4-8-12(11)15-9-13(17)16-10-5-1-2-6-10/h3-4,7-8,10,15H,1-2,5-6,9H2,(H,16,17). The van der Waals surface area contributed by atoms with Gasteiger partial charge in [0.25, 0.3) is 0 Å². The molecule has 17 heavy (non-hydrogen) atoms. The molecule has 0 unspecified atom stereocenters. The lowest BCUT2D eigenvalue weighted by Gasteiger charge is -2.13. The summed E-state index contributed by atoms with van der Waals surface area (Å²) in [5, 5.41) is 6.71. The van der Waals surface area contributed by atoms with E-state index in [2.05, 4.69) is 10.6 Å². The minimum atomic E-state index is 0.0387. The van der Waals surface area contributed by atoms with Gasteiger partial charge in [0.2, 0.25) is 5.91 Å². The zero-order valence-electron chi connectivity index (χ0n) is 9.71. The minimum Gasteiger partial charge on any atom is -0.375 e. The van der Waals surface area contributed by atoms with Gasteiger partial charge in [0.1, 0.15) is 0 Å². The summed E-state index contributed by atoms with van der Waals surface area (Å²) in [5.74, 6) is 0.0387. The molecule has 0 aliphatic heterocycles. The second-order valence-corrected chi connectivity index (χ2v) is 4.79. The summed E-state index contributed by atoms with van der Waals surface area (Å²) in [4.78, 5) is 11.7. The largest absolute Gasteiger partial charge is 0.375 e. The number of carbonyl (C=O) groups is 1. The summed E-state index contributed by atoms with van der Waals surface area (Å²) in [6.45, 7) is 0.278. The molecule has 92 valence electrons. The first-order chi connectivity index (χ1) is 8.25. The number of rotatable bonds is 4. The fourth-order valence-electron chi connectivity index (χ4n) is 2.13. The molecule has 4 heteroatoms. The third-order valence-electron chi connectivity index (χ3n) is 3.03.